The van der Waals surface area contributed by atoms with Gasteiger partial charge in [0.15, 0.2) is 0 Å². The van der Waals surface area contributed by atoms with E-state index in [0.29, 0.717) is 6.04 Å². The van der Waals surface area contributed by atoms with Crippen molar-refractivity contribution in [2.24, 2.45) is 0 Å². The lowest BCUT2D eigenvalue weighted by Crippen LogP contribution is -2.23. The smallest absolute Gasteiger partial charge is 0.108 e. The number of benzene rings is 1. The first-order valence-corrected chi connectivity index (χ1v) is 7.74. The number of aryl methyl sites for hydroxylation is 1. The number of rotatable bonds is 3. The van der Waals surface area contributed by atoms with Crippen molar-refractivity contribution in [3.05, 3.63) is 58.6 Å². The van der Waals surface area contributed by atoms with Crippen LogP contribution in [0.25, 0.3) is 10.9 Å². The van der Waals surface area contributed by atoms with Crippen molar-refractivity contribution in [2.45, 2.75) is 31.8 Å². The summed E-state index contributed by atoms with van der Waals surface area (Å²) in [6.07, 6.45) is 7.28. The van der Waals surface area contributed by atoms with E-state index < -0.39 is 0 Å². The Hall–Kier alpha value is -1.71. The van der Waals surface area contributed by atoms with E-state index >= 15 is 0 Å². The van der Waals surface area contributed by atoms with Crippen LogP contribution in [0.5, 0.6) is 0 Å². The first-order chi connectivity index (χ1) is 10.3. The quantitative estimate of drug-likeness (QED) is 0.743. The van der Waals surface area contributed by atoms with E-state index in [0.717, 1.165) is 29.3 Å². The van der Waals surface area contributed by atoms with Gasteiger partial charge in [-0.15, -0.1) is 0 Å². The summed E-state index contributed by atoms with van der Waals surface area (Å²) in [4.78, 5) is 3.29. The van der Waals surface area contributed by atoms with Gasteiger partial charge in [-0.25, -0.2) is 0 Å². The Morgan fingerprint density at radius 1 is 1.33 bits per heavy atom. The number of hydrogen-bond donors (Lipinski definition) is 2. The predicted octanol–water partition coefficient (Wildman–Crippen LogP) is 4.58. The van der Waals surface area contributed by atoms with Gasteiger partial charge in [0, 0.05) is 46.7 Å². The maximum atomic E-state index is 6.02. The molecule has 2 N–H and O–H groups in total. The lowest BCUT2D eigenvalue weighted by atomic mass is 9.93. The molecule has 0 spiro atoms. The second-order valence-electron chi connectivity index (χ2n) is 5.63. The van der Waals surface area contributed by atoms with Crippen molar-refractivity contribution in [3.63, 3.8) is 0 Å². The molecular weight excluding hydrogens is 284 g/mol. The molecule has 2 heterocycles. The Bertz CT molecular complexity index is 774. The normalized spacial score (nSPS) is 18.0. The van der Waals surface area contributed by atoms with Crippen LogP contribution < -0.4 is 5.32 Å². The minimum Gasteiger partial charge on any atom is -0.469 e. The highest BCUT2D eigenvalue weighted by Gasteiger charge is 2.22. The highest BCUT2D eigenvalue weighted by atomic mass is 35.5. The third kappa shape index (κ3) is 2.37. The van der Waals surface area contributed by atoms with Crippen molar-refractivity contribution in [3.8, 4) is 0 Å². The minimum atomic E-state index is 0.393. The molecule has 2 aromatic heterocycles. The number of aromatic amines is 1. The molecule has 0 fully saturated rings. The van der Waals surface area contributed by atoms with E-state index in [1.54, 1.807) is 6.26 Å². The summed E-state index contributed by atoms with van der Waals surface area (Å²) < 4.78 is 5.55. The average Bonchev–Trinajstić information content (AvgIpc) is 3.11. The summed E-state index contributed by atoms with van der Waals surface area (Å²) in [6, 6.07) is 8.48. The van der Waals surface area contributed by atoms with Crippen LogP contribution in [0.4, 0.5) is 0 Å². The van der Waals surface area contributed by atoms with Crippen molar-refractivity contribution in [1.82, 2.24) is 10.3 Å². The molecule has 1 atom stereocenters. The first kappa shape index (κ1) is 13.0. The third-order valence-corrected chi connectivity index (χ3v) is 4.56. The molecule has 1 aromatic carbocycles. The van der Waals surface area contributed by atoms with Crippen LogP contribution in [0.1, 0.15) is 35.8 Å². The summed E-state index contributed by atoms with van der Waals surface area (Å²) in [5.41, 5.74) is 3.69. The fourth-order valence-corrected chi connectivity index (χ4v) is 3.41. The SMILES string of the molecule is Clc1ccc2c(CNC3CCCc4occc43)c[nH]c2c1. The second-order valence-corrected chi connectivity index (χ2v) is 6.07. The number of nitrogens with one attached hydrogen (secondary N) is 2. The Labute approximate surface area is 128 Å². The monoisotopic (exact) mass is 300 g/mol. The van der Waals surface area contributed by atoms with Crippen molar-refractivity contribution >= 4 is 22.5 Å². The largest absolute Gasteiger partial charge is 0.469 e. The highest BCUT2D eigenvalue weighted by Crippen LogP contribution is 2.31. The Morgan fingerprint density at radius 2 is 2.29 bits per heavy atom. The summed E-state index contributed by atoms with van der Waals surface area (Å²) >= 11 is 6.02. The molecule has 21 heavy (non-hydrogen) atoms. The standard InChI is InChI=1S/C17H17ClN2O/c18-12-4-5-13-11(10-20-16(13)8-12)9-19-15-2-1-3-17-14(15)6-7-21-17/h4-8,10,15,19-20H,1-3,9H2. The van der Waals surface area contributed by atoms with Crippen LogP contribution in [-0.2, 0) is 13.0 Å². The highest BCUT2D eigenvalue weighted by molar-refractivity contribution is 6.31. The van der Waals surface area contributed by atoms with Gasteiger partial charge in [-0.3, -0.25) is 0 Å². The average molecular weight is 301 g/mol. The van der Waals surface area contributed by atoms with E-state index in [1.165, 1.54) is 29.4 Å². The fourth-order valence-electron chi connectivity index (χ4n) is 3.24. The van der Waals surface area contributed by atoms with Crippen molar-refractivity contribution in [1.29, 1.82) is 0 Å². The van der Waals surface area contributed by atoms with E-state index in [4.69, 9.17) is 16.0 Å². The van der Waals surface area contributed by atoms with E-state index in [-0.39, 0.29) is 0 Å². The number of H-pyrrole nitrogens is 1. The topological polar surface area (TPSA) is 41.0 Å². The Kier molecular flexibility index (Phi) is 3.24. The molecule has 0 saturated carbocycles. The molecule has 0 amide bonds. The van der Waals surface area contributed by atoms with E-state index in [2.05, 4.69) is 28.6 Å². The molecule has 4 heteroatoms. The van der Waals surface area contributed by atoms with Gasteiger partial charge < -0.3 is 14.7 Å². The second kappa shape index (κ2) is 5.24. The fraction of sp³-hybridized carbons (Fsp3) is 0.294. The predicted molar refractivity (Wildman–Crippen MR) is 84.5 cm³/mol. The maximum Gasteiger partial charge on any atom is 0.108 e. The molecule has 0 aliphatic heterocycles. The zero-order chi connectivity index (χ0) is 14.2. The van der Waals surface area contributed by atoms with Gasteiger partial charge in [-0.05, 0) is 36.6 Å². The molecule has 1 unspecified atom stereocenters. The molecule has 1 aliphatic rings. The molecule has 0 saturated heterocycles. The maximum absolute atomic E-state index is 6.02. The van der Waals surface area contributed by atoms with Gasteiger partial charge in [-0.2, -0.15) is 0 Å². The molecule has 108 valence electrons. The first-order valence-electron chi connectivity index (χ1n) is 7.36. The van der Waals surface area contributed by atoms with Crippen LogP contribution in [0.15, 0.2) is 41.1 Å². The van der Waals surface area contributed by atoms with Gasteiger partial charge in [0.05, 0.1) is 6.26 Å². The van der Waals surface area contributed by atoms with Crippen LogP contribution in [0.3, 0.4) is 0 Å². The number of furan rings is 1. The lowest BCUT2D eigenvalue weighted by Gasteiger charge is -2.22. The molecule has 0 bridgehead atoms. The van der Waals surface area contributed by atoms with Gasteiger partial charge in [0.2, 0.25) is 0 Å². The molecule has 0 radical (unpaired) electrons. The summed E-state index contributed by atoms with van der Waals surface area (Å²) in [7, 11) is 0. The summed E-state index contributed by atoms with van der Waals surface area (Å²) in [5, 5.41) is 5.65. The van der Waals surface area contributed by atoms with E-state index in [9.17, 15) is 0 Å². The zero-order valence-corrected chi connectivity index (χ0v) is 12.4. The molecule has 3 aromatic rings. The zero-order valence-electron chi connectivity index (χ0n) is 11.7. The van der Waals surface area contributed by atoms with Crippen molar-refractivity contribution in [2.75, 3.05) is 0 Å². The number of halogens is 1. The van der Waals surface area contributed by atoms with Crippen LogP contribution in [0, 0.1) is 0 Å². The molecule has 4 rings (SSSR count). The van der Waals surface area contributed by atoms with Crippen molar-refractivity contribution < 1.29 is 4.42 Å². The van der Waals surface area contributed by atoms with Gasteiger partial charge in [-0.1, -0.05) is 17.7 Å². The number of fused-ring (bicyclic) bond motifs is 2. The van der Waals surface area contributed by atoms with Gasteiger partial charge in [0.25, 0.3) is 0 Å². The lowest BCUT2D eigenvalue weighted by molar-refractivity contribution is 0.411. The molecular formula is C17H17ClN2O. The van der Waals surface area contributed by atoms with Crippen LogP contribution in [-0.4, -0.2) is 4.98 Å². The number of aromatic nitrogens is 1. The summed E-state index contributed by atoms with van der Waals surface area (Å²) in [6.45, 7) is 0.844. The third-order valence-electron chi connectivity index (χ3n) is 4.32. The van der Waals surface area contributed by atoms with Crippen LogP contribution in [0.2, 0.25) is 5.02 Å². The van der Waals surface area contributed by atoms with Crippen LogP contribution >= 0.6 is 11.6 Å². The molecule has 1 aliphatic carbocycles. The summed E-state index contributed by atoms with van der Waals surface area (Å²) in [5.74, 6) is 1.14. The minimum absolute atomic E-state index is 0.393. The Morgan fingerprint density at radius 3 is 3.24 bits per heavy atom. The number of hydrogen-bond acceptors (Lipinski definition) is 2. The van der Waals surface area contributed by atoms with E-state index in [1.807, 2.05) is 12.1 Å². The molecule has 3 nitrogen and oxygen atoms in total. The Balaban J connectivity index is 1.54. The van der Waals surface area contributed by atoms with Gasteiger partial charge in [0.1, 0.15) is 5.76 Å². The van der Waals surface area contributed by atoms with Gasteiger partial charge >= 0.3 is 0 Å².